The highest BCUT2D eigenvalue weighted by atomic mass is 16.6. The molecule has 1 aromatic rings. The van der Waals surface area contributed by atoms with Crippen molar-refractivity contribution in [3.8, 4) is 0 Å². The van der Waals surface area contributed by atoms with Crippen LogP contribution in [0, 0.1) is 20.2 Å². The number of anilines is 1. The summed E-state index contributed by atoms with van der Waals surface area (Å²) in [6.45, 7) is 0. The third kappa shape index (κ3) is 1.76. The van der Waals surface area contributed by atoms with E-state index in [4.69, 9.17) is 1.41 Å². The monoisotopic (exact) mass is 198 g/mol. The van der Waals surface area contributed by atoms with E-state index in [0.29, 0.717) is 0 Å². The molecule has 0 radical (unpaired) electrons. The predicted octanol–water partition coefficient (Wildman–Crippen LogP) is 1.54. The van der Waals surface area contributed by atoms with Crippen molar-refractivity contribution in [2.75, 3.05) is 12.4 Å². The topological polar surface area (TPSA) is 98.3 Å². The summed E-state index contributed by atoms with van der Waals surface area (Å²) < 4.78 is 7.19. The van der Waals surface area contributed by atoms with Gasteiger partial charge in [0.2, 0.25) is 0 Å². The van der Waals surface area contributed by atoms with Crippen LogP contribution in [0.15, 0.2) is 18.2 Å². The van der Waals surface area contributed by atoms with Gasteiger partial charge in [-0.2, -0.15) is 0 Å². The van der Waals surface area contributed by atoms with E-state index in [1.165, 1.54) is 13.1 Å². The number of non-ortho nitro benzene ring substituents is 1. The van der Waals surface area contributed by atoms with Gasteiger partial charge in [-0.1, -0.05) is 0 Å². The van der Waals surface area contributed by atoms with Gasteiger partial charge < -0.3 is 5.31 Å². The quantitative estimate of drug-likeness (QED) is 0.586. The normalized spacial score (nSPS) is 10.5. The lowest BCUT2D eigenvalue weighted by molar-refractivity contribution is -0.393. The van der Waals surface area contributed by atoms with Crippen LogP contribution in [0.25, 0.3) is 0 Å². The van der Waals surface area contributed by atoms with Gasteiger partial charge in [-0.25, -0.2) is 0 Å². The average Bonchev–Trinajstić information content (AvgIpc) is 2.16. The molecule has 0 aliphatic rings. The Morgan fingerprint density at radius 2 is 2.00 bits per heavy atom. The number of nitro groups is 2. The molecule has 1 N–H and O–H groups in total. The molecular weight excluding hydrogens is 190 g/mol. The zero-order valence-electron chi connectivity index (χ0n) is 8.21. The van der Waals surface area contributed by atoms with Crippen molar-refractivity contribution in [2.45, 2.75) is 0 Å². The molecule has 0 amide bonds. The van der Waals surface area contributed by atoms with Gasteiger partial charge in [0.1, 0.15) is 5.69 Å². The lowest BCUT2D eigenvalue weighted by atomic mass is 10.2. The Morgan fingerprint density at radius 3 is 2.43 bits per heavy atom. The van der Waals surface area contributed by atoms with E-state index in [0.717, 1.165) is 17.4 Å². The first-order valence-corrected chi connectivity index (χ1v) is 3.59. The van der Waals surface area contributed by atoms with Crippen LogP contribution in [-0.2, 0) is 0 Å². The molecule has 0 unspecified atom stereocenters. The summed E-state index contributed by atoms with van der Waals surface area (Å²) in [5, 5.41) is 21.7. The Labute approximate surface area is 80.1 Å². The minimum Gasteiger partial charge on any atom is -0.383 e. The molecule has 0 bridgehead atoms. The van der Waals surface area contributed by atoms with Gasteiger partial charge >= 0.3 is 0 Å². The van der Waals surface area contributed by atoms with Crippen LogP contribution in [0.1, 0.15) is 0 Å². The molecule has 7 heteroatoms. The zero-order chi connectivity index (χ0) is 11.6. The van der Waals surface area contributed by atoms with Crippen LogP contribution in [0.4, 0.5) is 17.1 Å². The third-order valence-electron chi connectivity index (χ3n) is 1.61. The Bertz CT molecular complexity index is 421. The fraction of sp³-hybridized carbons (Fsp3) is 0.143. The van der Waals surface area contributed by atoms with Gasteiger partial charge in [-0.3, -0.25) is 20.2 Å². The number of nitrogens with zero attached hydrogens (tertiary/aromatic N) is 2. The lowest BCUT2D eigenvalue weighted by Crippen LogP contribution is -1.98. The maximum absolute atomic E-state index is 10.6. The molecule has 0 atom stereocenters. The van der Waals surface area contributed by atoms with Crippen molar-refractivity contribution in [1.29, 1.82) is 0 Å². The fourth-order valence-corrected chi connectivity index (χ4v) is 0.961. The maximum atomic E-state index is 10.6. The van der Waals surface area contributed by atoms with E-state index in [-0.39, 0.29) is 11.4 Å². The molecule has 7 nitrogen and oxygen atoms in total. The molecule has 0 fully saturated rings. The van der Waals surface area contributed by atoms with Crippen LogP contribution in [-0.4, -0.2) is 16.9 Å². The third-order valence-corrected chi connectivity index (χ3v) is 1.61. The smallest absolute Gasteiger partial charge is 0.299 e. The van der Waals surface area contributed by atoms with E-state index in [1.54, 1.807) is 0 Å². The Balaban J connectivity index is 3.33. The van der Waals surface area contributed by atoms with E-state index < -0.39 is 15.5 Å². The second-order valence-electron chi connectivity index (χ2n) is 2.41. The van der Waals surface area contributed by atoms with Crippen LogP contribution < -0.4 is 5.31 Å². The van der Waals surface area contributed by atoms with Gasteiger partial charge in [-0.15, -0.1) is 0 Å². The molecule has 0 heterocycles. The Hall–Kier alpha value is -2.18. The lowest BCUT2D eigenvalue weighted by Gasteiger charge is -2.00. The minimum atomic E-state index is -0.757. The largest absolute Gasteiger partial charge is 0.383 e. The number of hydrogen-bond acceptors (Lipinski definition) is 5. The van der Waals surface area contributed by atoms with Crippen LogP contribution in [0.5, 0.6) is 0 Å². The number of hydrogen-bond donors (Lipinski definition) is 1. The molecule has 0 aliphatic carbocycles. The van der Waals surface area contributed by atoms with Crippen molar-refractivity contribution < 1.29 is 11.3 Å². The Kier molecular flexibility index (Phi) is 2.22. The average molecular weight is 198 g/mol. The summed E-state index contributed by atoms with van der Waals surface area (Å²) in [4.78, 5) is 19.5. The molecular formula is C7H7N3O4. The molecule has 0 aromatic heterocycles. The Morgan fingerprint density at radius 1 is 1.36 bits per heavy atom. The van der Waals surface area contributed by atoms with E-state index in [9.17, 15) is 20.2 Å². The number of nitrogens with one attached hydrogen (secondary N) is 1. The zero-order valence-corrected chi connectivity index (χ0v) is 7.21. The van der Waals surface area contributed by atoms with Crippen molar-refractivity contribution in [3.63, 3.8) is 0 Å². The maximum Gasteiger partial charge on any atom is 0.299 e. The highest BCUT2D eigenvalue weighted by Crippen LogP contribution is 2.28. The van der Waals surface area contributed by atoms with Gasteiger partial charge in [0.05, 0.1) is 15.9 Å². The first-order chi connectivity index (χ1) is 6.93. The molecule has 74 valence electrons. The summed E-state index contributed by atoms with van der Waals surface area (Å²) >= 11 is 0. The first-order valence-electron chi connectivity index (χ1n) is 4.03. The second kappa shape index (κ2) is 3.69. The standard InChI is InChI=1S/C7H7N3O4/c1-8-6-3-2-5(9(11)12)4-7(6)10(13)14/h2-4,8H,1H3/i/hD. The van der Waals surface area contributed by atoms with Crippen molar-refractivity contribution in [3.05, 3.63) is 38.4 Å². The first kappa shape index (κ1) is 8.42. The van der Waals surface area contributed by atoms with Crippen LogP contribution >= 0.6 is 0 Å². The summed E-state index contributed by atoms with van der Waals surface area (Å²) in [5.74, 6) is 0. The van der Waals surface area contributed by atoms with E-state index >= 15 is 0 Å². The molecule has 0 spiro atoms. The molecule has 1 rings (SSSR count). The van der Waals surface area contributed by atoms with Gasteiger partial charge in [0.25, 0.3) is 11.4 Å². The minimum absolute atomic E-state index is 0.00519. The fourth-order valence-electron chi connectivity index (χ4n) is 0.961. The summed E-state index contributed by atoms with van der Waals surface area (Å²) in [7, 11) is 1.30. The predicted molar refractivity (Wildman–Crippen MR) is 49.3 cm³/mol. The van der Waals surface area contributed by atoms with Crippen molar-refractivity contribution >= 4 is 17.1 Å². The SMILES string of the molecule is [2H]N(C)c1ccc([N+](=O)[O-])cc1[N+](=O)[O-]. The molecule has 0 saturated carbocycles. The highest BCUT2D eigenvalue weighted by Gasteiger charge is 2.17. The number of benzene rings is 1. The molecule has 0 aliphatic heterocycles. The van der Waals surface area contributed by atoms with Crippen LogP contribution in [0.3, 0.4) is 0 Å². The van der Waals surface area contributed by atoms with Crippen molar-refractivity contribution in [1.82, 2.24) is 0 Å². The summed E-state index contributed by atoms with van der Waals surface area (Å²) in [6.07, 6.45) is 0. The van der Waals surface area contributed by atoms with Gasteiger partial charge in [-0.05, 0) is 6.07 Å². The van der Waals surface area contributed by atoms with Gasteiger partial charge in [0.15, 0.2) is 1.41 Å². The molecule has 1 aromatic carbocycles. The van der Waals surface area contributed by atoms with E-state index in [1.807, 2.05) is 0 Å². The second-order valence-corrected chi connectivity index (χ2v) is 2.41. The van der Waals surface area contributed by atoms with Crippen LogP contribution in [0.2, 0.25) is 1.41 Å². The molecule has 14 heavy (non-hydrogen) atoms. The summed E-state index contributed by atoms with van der Waals surface area (Å²) in [6, 6.07) is 3.12. The molecule has 0 saturated heterocycles. The van der Waals surface area contributed by atoms with E-state index in [2.05, 4.69) is 0 Å². The van der Waals surface area contributed by atoms with Crippen molar-refractivity contribution in [2.24, 2.45) is 0 Å². The highest BCUT2D eigenvalue weighted by molar-refractivity contribution is 5.64. The number of rotatable bonds is 3. The summed E-state index contributed by atoms with van der Waals surface area (Å²) in [5.41, 5.74) is -0.820. The number of nitro benzene ring substituents is 2. The van der Waals surface area contributed by atoms with Gasteiger partial charge in [0, 0.05) is 13.1 Å².